The number of benzene rings is 2. The Kier molecular flexibility index (Phi) is 6.21. The zero-order chi connectivity index (χ0) is 17.5. The number of aromatic hydroxyl groups is 1. The zero-order valence-electron chi connectivity index (χ0n) is 14.6. The molecule has 1 atom stereocenters. The third-order valence-corrected chi connectivity index (χ3v) is 3.85. The maximum absolute atomic E-state index is 9.92. The van der Waals surface area contributed by atoms with Gasteiger partial charge in [0.25, 0.3) is 0 Å². The van der Waals surface area contributed by atoms with Gasteiger partial charge in [-0.05, 0) is 50.0 Å². The Balaban J connectivity index is 2.17. The van der Waals surface area contributed by atoms with E-state index in [2.05, 4.69) is 16.0 Å². The minimum atomic E-state index is 0.115. The number of hydrogen-bond acceptors (Lipinski definition) is 5. The van der Waals surface area contributed by atoms with E-state index in [1.807, 2.05) is 32.3 Å². The molecular weight excluding hydrogens is 304 g/mol. The van der Waals surface area contributed by atoms with Crippen molar-refractivity contribution in [1.29, 1.82) is 0 Å². The fourth-order valence-electron chi connectivity index (χ4n) is 2.43. The number of ether oxygens (including phenoxy) is 2. The summed E-state index contributed by atoms with van der Waals surface area (Å²) in [4.78, 5) is 6.62. The largest absolute Gasteiger partial charge is 0.507 e. The summed E-state index contributed by atoms with van der Waals surface area (Å²) in [5, 5.41) is 9.92. The summed E-state index contributed by atoms with van der Waals surface area (Å²) in [5.74, 6) is 1.70. The molecule has 2 rings (SSSR count). The van der Waals surface area contributed by atoms with Gasteiger partial charge in [0, 0.05) is 11.8 Å². The summed E-state index contributed by atoms with van der Waals surface area (Å²) in [6.07, 6.45) is 1.68. The van der Waals surface area contributed by atoms with Gasteiger partial charge < -0.3 is 19.5 Å². The highest BCUT2D eigenvalue weighted by Gasteiger charge is 2.14. The Bertz CT molecular complexity index is 699. The quantitative estimate of drug-likeness (QED) is 0.794. The van der Waals surface area contributed by atoms with Crippen molar-refractivity contribution in [2.75, 3.05) is 34.9 Å². The summed E-state index contributed by atoms with van der Waals surface area (Å²) in [5.41, 5.74) is 1.77. The second-order valence-corrected chi connectivity index (χ2v) is 5.68. The van der Waals surface area contributed by atoms with Crippen molar-refractivity contribution in [2.45, 2.75) is 6.04 Å². The average molecular weight is 328 g/mol. The third kappa shape index (κ3) is 4.49. The Hall–Kier alpha value is -2.53. The summed E-state index contributed by atoms with van der Waals surface area (Å²) >= 11 is 0. The molecule has 5 nitrogen and oxygen atoms in total. The Morgan fingerprint density at radius 2 is 1.79 bits per heavy atom. The predicted octanol–water partition coefficient (Wildman–Crippen LogP) is 3.13. The van der Waals surface area contributed by atoms with E-state index in [-0.39, 0.29) is 11.8 Å². The zero-order valence-corrected chi connectivity index (χ0v) is 14.6. The summed E-state index contributed by atoms with van der Waals surface area (Å²) < 4.78 is 10.5. The van der Waals surface area contributed by atoms with E-state index in [1.165, 1.54) is 0 Å². The maximum atomic E-state index is 9.92. The summed E-state index contributed by atoms with van der Waals surface area (Å²) in [7, 11) is 7.29. The minimum Gasteiger partial charge on any atom is -0.507 e. The van der Waals surface area contributed by atoms with Crippen LogP contribution in [0.3, 0.4) is 0 Å². The molecule has 0 bridgehead atoms. The molecule has 0 aliphatic rings. The van der Waals surface area contributed by atoms with Gasteiger partial charge in [-0.2, -0.15) is 0 Å². The lowest BCUT2D eigenvalue weighted by Crippen LogP contribution is -2.22. The van der Waals surface area contributed by atoms with Crippen LogP contribution in [0.25, 0.3) is 0 Å². The number of methoxy groups -OCH3 is 2. The van der Waals surface area contributed by atoms with Crippen molar-refractivity contribution in [3.05, 3.63) is 53.6 Å². The van der Waals surface area contributed by atoms with Crippen LogP contribution in [0.4, 0.5) is 0 Å². The monoisotopic (exact) mass is 328 g/mol. The van der Waals surface area contributed by atoms with Gasteiger partial charge in [0.15, 0.2) is 0 Å². The van der Waals surface area contributed by atoms with Crippen LogP contribution in [0.5, 0.6) is 17.2 Å². The Morgan fingerprint density at radius 1 is 1.08 bits per heavy atom. The number of phenols is 1. The normalized spacial score (nSPS) is 12.5. The van der Waals surface area contributed by atoms with E-state index < -0.39 is 0 Å². The van der Waals surface area contributed by atoms with Gasteiger partial charge in [0.05, 0.1) is 26.8 Å². The molecule has 0 unspecified atom stereocenters. The summed E-state index contributed by atoms with van der Waals surface area (Å²) in [6, 6.07) is 13.2. The van der Waals surface area contributed by atoms with E-state index in [1.54, 1.807) is 38.6 Å². The van der Waals surface area contributed by atoms with Crippen LogP contribution >= 0.6 is 0 Å². The van der Waals surface area contributed by atoms with Gasteiger partial charge >= 0.3 is 0 Å². The molecule has 0 heterocycles. The minimum absolute atomic E-state index is 0.115. The van der Waals surface area contributed by atoms with Crippen LogP contribution in [-0.2, 0) is 0 Å². The molecule has 5 heteroatoms. The van der Waals surface area contributed by atoms with Crippen LogP contribution in [0.2, 0.25) is 0 Å². The van der Waals surface area contributed by atoms with Gasteiger partial charge in [0.1, 0.15) is 17.2 Å². The first-order chi connectivity index (χ1) is 11.5. The highest BCUT2D eigenvalue weighted by Crippen LogP contribution is 2.24. The standard InChI is InChI=1S/C19H24N2O3/c1-21(2)18(14-6-5-7-16(10-14)23-3)13-20-12-15-11-17(24-4)8-9-19(15)22/h5-12,18,22H,13H2,1-4H3/t18-/m0/s1. The van der Waals surface area contributed by atoms with E-state index in [0.717, 1.165) is 11.3 Å². The number of rotatable bonds is 7. The van der Waals surface area contributed by atoms with Crippen LogP contribution in [0.1, 0.15) is 17.2 Å². The SMILES string of the molecule is COc1cccc([C@H](CN=Cc2cc(OC)ccc2O)N(C)C)c1. The third-order valence-electron chi connectivity index (χ3n) is 3.85. The fraction of sp³-hybridized carbons (Fsp3) is 0.316. The first kappa shape index (κ1) is 17.8. The van der Waals surface area contributed by atoms with Gasteiger partial charge in [-0.3, -0.25) is 4.99 Å². The first-order valence-electron chi connectivity index (χ1n) is 7.72. The molecule has 0 aliphatic carbocycles. The number of hydrogen-bond donors (Lipinski definition) is 1. The lowest BCUT2D eigenvalue weighted by Gasteiger charge is -2.23. The van der Waals surface area contributed by atoms with Crippen molar-refractivity contribution < 1.29 is 14.6 Å². The maximum Gasteiger partial charge on any atom is 0.124 e. The lowest BCUT2D eigenvalue weighted by molar-refractivity contribution is 0.305. The van der Waals surface area contributed by atoms with Gasteiger partial charge in [-0.1, -0.05) is 12.1 Å². The molecule has 0 radical (unpaired) electrons. The average Bonchev–Trinajstić information content (AvgIpc) is 2.59. The van der Waals surface area contributed by atoms with E-state index in [0.29, 0.717) is 17.9 Å². The molecular formula is C19H24N2O3. The molecule has 0 aliphatic heterocycles. The van der Waals surface area contributed by atoms with Crippen LogP contribution in [-0.4, -0.2) is 51.1 Å². The highest BCUT2D eigenvalue weighted by molar-refractivity contribution is 5.84. The molecule has 2 aromatic rings. The van der Waals surface area contributed by atoms with Crippen molar-refractivity contribution in [3.63, 3.8) is 0 Å². The van der Waals surface area contributed by atoms with Crippen LogP contribution < -0.4 is 9.47 Å². The summed E-state index contributed by atoms with van der Waals surface area (Å²) in [6.45, 7) is 0.566. The van der Waals surface area contributed by atoms with Gasteiger partial charge in [-0.15, -0.1) is 0 Å². The molecule has 2 aromatic carbocycles. The Morgan fingerprint density at radius 3 is 2.46 bits per heavy atom. The lowest BCUT2D eigenvalue weighted by atomic mass is 10.1. The van der Waals surface area contributed by atoms with Crippen molar-refractivity contribution >= 4 is 6.21 Å². The second-order valence-electron chi connectivity index (χ2n) is 5.68. The highest BCUT2D eigenvalue weighted by atomic mass is 16.5. The molecule has 128 valence electrons. The second kappa shape index (κ2) is 8.36. The van der Waals surface area contributed by atoms with Crippen molar-refractivity contribution in [1.82, 2.24) is 4.90 Å². The predicted molar refractivity (Wildman–Crippen MR) is 96.5 cm³/mol. The van der Waals surface area contributed by atoms with E-state index in [9.17, 15) is 5.11 Å². The molecule has 0 amide bonds. The molecule has 24 heavy (non-hydrogen) atoms. The molecule has 1 N–H and O–H groups in total. The molecule has 0 saturated heterocycles. The fourth-order valence-corrected chi connectivity index (χ4v) is 2.43. The molecule has 0 fully saturated rings. The number of phenolic OH excluding ortho intramolecular Hbond substituents is 1. The van der Waals surface area contributed by atoms with Crippen molar-refractivity contribution in [3.8, 4) is 17.2 Å². The van der Waals surface area contributed by atoms with E-state index >= 15 is 0 Å². The topological polar surface area (TPSA) is 54.3 Å². The van der Waals surface area contributed by atoms with Crippen LogP contribution in [0.15, 0.2) is 47.5 Å². The number of likely N-dealkylation sites (N-methyl/N-ethyl adjacent to an activating group) is 1. The molecule has 0 aromatic heterocycles. The van der Waals surface area contributed by atoms with Gasteiger partial charge in [-0.25, -0.2) is 0 Å². The van der Waals surface area contributed by atoms with E-state index in [4.69, 9.17) is 9.47 Å². The van der Waals surface area contributed by atoms with Crippen molar-refractivity contribution in [2.24, 2.45) is 4.99 Å². The van der Waals surface area contributed by atoms with Gasteiger partial charge in [0.2, 0.25) is 0 Å². The molecule has 0 saturated carbocycles. The number of aliphatic imine (C=N–C) groups is 1. The number of nitrogens with zero attached hydrogens (tertiary/aromatic N) is 2. The Labute approximate surface area is 143 Å². The van der Waals surface area contributed by atoms with Crippen LogP contribution in [0, 0.1) is 0 Å². The smallest absolute Gasteiger partial charge is 0.124 e. The first-order valence-corrected chi connectivity index (χ1v) is 7.72. The molecule has 0 spiro atoms.